The average Bonchev–Trinajstić information content (AvgIpc) is 3.72. The second kappa shape index (κ2) is 10.2. The summed E-state index contributed by atoms with van der Waals surface area (Å²) in [7, 11) is 2.11. The predicted molar refractivity (Wildman–Crippen MR) is 188 cm³/mol. The van der Waals surface area contributed by atoms with Gasteiger partial charge in [0.25, 0.3) is 0 Å². The highest BCUT2D eigenvalue weighted by atomic mass is 15.3. The maximum absolute atomic E-state index is 5.11. The molecule has 46 heavy (non-hydrogen) atoms. The van der Waals surface area contributed by atoms with Crippen molar-refractivity contribution in [2.75, 3.05) is 18.6 Å². The van der Waals surface area contributed by atoms with E-state index in [1.807, 2.05) is 6.20 Å². The minimum absolute atomic E-state index is 0.00404. The van der Waals surface area contributed by atoms with Gasteiger partial charge < -0.3 is 14.2 Å². The van der Waals surface area contributed by atoms with Crippen molar-refractivity contribution in [3.8, 4) is 22.4 Å². The zero-order chi connectivity index (χ0) is 31.8. The van der Waals surface area contributed by atoms with Crippen molar-refractivity contribution in [3.63, 3.8) is 0 Å². The number of aromatic nitrogens is 3. The molecule has 1 aliphatic carbocycles. The van der Waals surface area contributed by atoms with Gasteiger partial charge in [0.2, 0.25) is 0 Å². The number of pyridine rings is 2. The third kappa shape index (κ3) is 4.14. The maximum Gasteiger partial charge on any atom is 0.146 e. The van der Waals surface area contributed by atoms with Crippen molar-refractivity contribution in [1.29, 1.82) is 0 Å². The molecule has 0 unspecified atom stereocenters. The zero-order valence-corrected chi connectivity index (χ0v) is 27.4. The Morgan fingerprint density at radius 1 is 0.739 bits per heavy atom. The van der Waals surface area contributed by atoms with E-state index in [4.69, 9.17) is 9.97 Å². The number of hydrogen-bond donors (Lipinski definition) is 0. The molecule has 1 aliphatic heterocycles. The fourth-order valence-corrected chi connectivity index (χ4v) is 7.45. The quantitative estimate of drug-likeness (QED) is 0.202. The largest absolute Gasteiger partial charge is 0.361 e. The first-order valence-corrected chi connectivity index (χ1v) is 16.1. The molecule has 3 aromatic heterocycles. The average molecular weight is 602 g/mol. The lowest BCUT2D eigenvalue weighted by molar-refractivity contribution is 0.495. The smallest absolute Gasteiger partial charge is 0.146 e. The molecule has 228 valence electrons. The number of benzene rings is 3. The first kappa shape index (κ1) is 28.3. The molecule has 2 aliphatic rings. The first-order chi connectivity index (χ1) is 22.2. The van der Waals surface area contributed by atoms with Gasteiger partial charge in [-0.25, -0.2) is 4.98 Å². The number of fused-ring (bicyclic) bond motifs is 4. The Balaban J connectivity index is 1.48. The van der Waals surface area contributed by atoms with Crippen LogP contribution in [0.1, 0.15) is 60.0 Å². The van der Waals surface area contributed by atoms with E-state index in [1.165, 1.54) is 44.6 Å². The predicted octanol–water partition coefficient (Wildman–Crippen LogP) is 8.85. The molecule has 5 nitrogen and oxygen atoms in total. The Bertz CT molecular complexity index is 2130. The Hall–Kier alpha value is -5.16. The second-order valence-electron chi connectivity index (χ2n) is 13.9. The molecule has 0 radical (unpaired) electrons. The number of hydrogen-bond acceptors (Lipinski definition) is 4. The number of rotatable bonds is 4. The summed E-state index contributed by atoms with van der Waals surface area (Å²) in [5, 5.41) is 0. The van der Waals surface area contributed by atoms with Gasteiger partial charge in [0.05, 0.1) is 23.5 Å². The van der Waals surface area contributed by atoms with Crippen LogP contribution in [0, 0.1) is 13.8 Å². The molecule has 5 heteroatoms. The monoisotopic (exact) mass is 601 g/mol. The van der Waals surface area contributed by atoms with Crippen LogP contribution in [-0.4, -0.2) is 33.0 Å². The molecule has 0 atom stereocenters. The van der Waals surface area contributed by atoms with Crippen LogP contribution in [0.2, 0.25) is 0 Å². The third-order valence-electron chi connectivity index (χ3n) is 9.97. The number of anilines is 1. The van der Waals surface area contributed by atoms with Gasteiger partial charge in [0.15, 0.2) is 0 Å². The summed E-state index contributed by atoms with van der Waals surface area (Å²) in [5.74, 6) is 0. The molecule has 4 heterocycles. The van der Waals surface area contributed by atoms with E-state index < -0.39 is 5.41 Å². The van der Waals surface area contributed by atoms with E-state index in [-0.39, 0.29) is 5.41 Å². The van der Waals surface area contributed by atoms with E-state index >= 15 is 0 Å². The summed E-state index contributed by atoms with van der Waals surface area (Å²) >= 11 is 0. The Labute approximate surface area is 271 Å². The number of aryl methyl sites for hydroxylation is 2. The van der Waals surface area contributed by atoms with Crippen LogP contribution in [-0.2, 0) is 10.8 Å². The van der Waals surface area contributed by atoms with Gasteiger partial charge in [-0.1, -0.05) is 81.4 Å². The van der Waals surface area contributed by atoms with Gasteiger partial charge >= 0.3 is 0 Å². The minimum atomic E-state index is -0.562. The molecule has 0 saturated heterocycles. The van der Waals surface area contributed by atoms with Crippen LogP contribution in [0.25, 0.3) is 28.0 Å². The van der Waals surface area contributed by atoms with Gasteiger partial charge in [0.1, 0.15) is 5.65 Å². The highest BCUT2D eigenvalue weighted by Gasteiger charge is 2.47. The number of nitrogens with zero attached hydrogens (tertiary/aromatic N) is 5. The lowest BCUT2D eigenvalue weighted by atomic mass is 9.67. The summed E-state index contributed by atoms with van der Waals surface area (Å²) < 4.78 is 2.29. The lowest BCUT2D eigenvalue weighted by Crippen LogP contribution is -2.30. The molecule has 0 bridgehead atoms. The fraction of sp³-hybridized carbons (Fsp3) is 0.220. The Morgan fingerprint density at radius 2 is 1.46 bits per heavy atom. The van der Waals surface area contributed by atoms with Crippen molar-refractivity contribution < 1.29 is 0 Å². The SMILES string of the molecule is Cc1nc2c(-c3cc(C(C)(C)C)ccn3)cc(C3(c4cccc(N5C=CN(C)C5)c4)c4ccccc4-c4ccccc43)cn2c1C. The summed E-state index contributed by atoms with van der Waals surface area (Å²) in [6, 6.07) is 33.7. The van der Waals surface area contributed by atoms with Crippen LogP contribution < -0.4 is 4.90 Å². The standard InChI is InChI=1S/C41H39N5/c1-27-28(2)46-25-31(23-35(39(46)43-27)38-24-29(18-19-42-38)40(3,4)5)41(30-12-11-13-32(22-30)45-21-20-44(6)26-45)36-16-9-7-14-33(36)34-15-8-10-17-37(34)41/h7-25H,26H2,1-6H3. The molecule has 3 aromatic carbocycles. The van der Waals surface area contributed by atoms with Gasteiger partial charge in [-0.2, -0.15) is 0 Å². The molecule has 8 rings (SSSR count). The van der Waals surface area contributed by atoms with E-state index in [9.17, 15) is 0 Å². The summed E-state index contributed by atoms with van der Waals surface area (Å²) in [5.41, 5.74) is 14.5. The molecule has 0 amide bonds. The van der Waals surface area contributed by atoms with Crippen molar-refractivity contribution in [3.05, 3.63) is 155 Å². The highest BCUT2D eigenvalue weighted by molar-refractivity contribution is 5.88. The van der Waals surface area contributed by atoms with Crippen molar-refractivity contribution in [2.24, 2.45) is 0 Å². The van der Waals surface area contributed by atoms with Crippen LogP contribution in [0.5, 0.6) is 0 Å². The van der Waals surface area contributed by atoms with Crippen molar-refractivity contribution >= 4 is 11.3 Å². The molecule has 0 saturated carbocycles. The van der Waals surface area contributed by atoms with E-state index in [0.29, 0.717) is 0 Å². The van der Waals surface area contributed by atoms with Crippen molar-refractivity contribution in [1.82, 2.24) is 19.3 Å². The molecular weight excluding hydrogens is 562 g/mol. The van der Waals surface area contributed by atoms with Crippen molar-refractivity contribution in [2.45, 2.75) is 45.4 Å². The van der Waals surface area contributed by atoms with E-state index in [1.54, 1.807) is 0 Å². The third-order valence-corrected chi connectivity index (χ3v) is 9.97. The molecule has 0 fully saturated rings. The molecular formula is C41H39N5. The van der Waals surface area contributed by atoms with Gasteiger partial charge in [-0.15, -0.1) is 0 Å². The molecule has 6 aromatic rings. The van der Waals surface area contributed by atoms with E-state index in [2.05, 4.69) is 165 Å². The Morgan fingerprint density at radius 3 is 2.13 bits per heavy atom. The fourth-order valence-electron chi connectivity index (χ4n) is 7.45. The van der Waals surface area contributed by atoms with Gasteiger partial charge in [-0.05, 0) is 88.5 Å². The summed E-state index contributed by atoms with van der Waals surface area (Å²) in [4.78, 5) is 14.6. The lowest BCUT2D eigenvalue weighted by Gasteiger charge is -2.35. The molecule has 0 spiro atoms. The maximum atomic E-state index is 5.11. The topological polar surface area (TPSA) is 36.7 Å². The van der Waals surface area contributed by atoms with Gasteiger partial charge in [0, 0.05) is 48.8 Å². The highest BCUT2D eigenvalue weighted by Crippen LogP contribution is 2.56. The van der Waals surface area contributed by atoms with Crippen LogP contribution >= 0.6 is 0 Å². The Kier molecular flexibility index (Phi) is 6.27. The first-order valence-electron chi connectivity index (χ1n) is 16.1. The summed E-state index contributed by atoms with van der Waals surface area (Å²) in [6.07, 6.45) is 8.57. The van der Waals surface area contributed by atoms with Crippen LogP contribution in [0.15, 0.2) is 116 Å². The second-order valence-corrected chi connectivity index (χ2v) is 13.9. The molecule has 0 N–H and O–H groups in total. The van der Waals surface area contributed by atoms with Crippen LogP contribution in [0.4, 0.5) is 5.69 Å². The minimum Gasteiger partial charge on any atom is -0.361 e. The van der Waals surface area contributed by atoms with Gasteiger partial charge in [-0.3, -0.25) is 4.98 Å². The van der Waals surface area contributed by atoms with Crippen LogP contribution in [0.3, 0.4) is 0 Å². The summed E-state index contributed by atoms with van der Waals surface area (Å²) in [6.45, 7) is 11.9. The van der Waals surface area contributed by atoms with E-state index in [0.717, 1.165) is 35.0 Å². The normalized spacial score (nSPS) is 15.1. The zero-order valence-electron chi connectivity index (χ0n) is 27.4. The number of imidazole rings is 1.